The Balaban J connectivity index is 1.91. The molecule has 0 fully saturated rings. The fourth-order valence-electron chi connectivity index (χ4n) is 3.16. The fraction of sp³-hybridized carbons (Fsp3) is 0.429. The van der Waals surface area contributed by atoms with E-state index in [0.29, 0.717) is 17.8 Å². The second-order valence-corrected chi connectivity index (χ2v) is 9.58. The first kappa shape index (κ1) is 24.2. The van der Waals surface area contributed by atoms with Gasteiger partial charge in [0, 0.05) is 6.54 Å². The number of carboxylic acids is 1. The SMILES string of the molecule is CCCCOc1nc(N)c2nc(OC)n(CCS(=O)(=O)c3cccc(C(C)C(=O)O)c3)c2n1. The maximum absolute atomic E-state index is 13.0. The Morgan fingerprint density at radius 1 is 1.27 bits per heavy atom. The summed E-state index contributed by atoms with van der Waals surface area (Å²) in [5, 5.41) is 9.22. The molecular formula is C21H27N5O6S. The molecule has 0 aliphatic rings. The maximum Gasteiger partial charge on any atom is 0.320 e. The quantitative estimate of drug-likeness (QED) is 0.392. The van der Waals surface area contributed by atoms with Gasteiger partial charge in [-0.3, -0.25) is 9.36 Å². The summed E-state index contributed by atoms with van der Waals surface area (Å²) in [7, 11) is -2.34. The second-order valence-electron chi connectivity index (χ2n) is 7.47. The van der Waals surface area contributed by atoms with Gasteiger partial charge in [-0.1, -0.05) is 25.5 Å². The molecule has 1 aromatic carbocycles. The van der Waals surface area contributed by atoms with Crippen LogP contribution in [0, 0.1) is 0 Å². The molecule has 0 saturated heterocycles. The van der Waals surface area contributed by atoms with E-state index < -0.39 is 21.7 Å². The number of aromatic nitrogens is 4. The van der Waals surface area contributed by atoms with E-state index in [9.17, 15) is 18.3 Å². The van der Waals surface area contributed by atoms with Crippen LogP contribution >= 0.6 is 0 Å². The lowest BCUT2D eigenvalue weighted by Gasteiger charge is -2.11. The average molecular weight is 478 g/mol. The number of imidazole rings is 1. The van der Waals surface area contributed by atoms with Crippen molar-refractivity contribution in [1.29, 1.82) is 0 Å². The first-order valence-electron chi connectivity index (χ1n) is 10.4. The number of nitrogen functional groups attached to an aromatic ring is 1. The average Bonchev–Trinajstić information content (AvgIpc) is 3.15. The molecule has 1 atom stereocenters. The largest absolute Gasteiger partial charge is 0.481 e. The zero-order chi connectivity index (χ0) is 24.2. The Bertz CT molecular complexity index is 1260. The maximum atomic E-state index is 13.0. The van der Waals surface area contributed by atoms with Crippen LogP contribution in [0.2, 0.25) is 0 Å². The van der Waals surface area contributed by atoms with E-state index in [2.05, 4.69) is 15.0 Å². The molecule has 33 heavy (non-hydrogen) atoms. The van der Waals surface area contributed by atoms with E-state index in [1.807, 2.05) is 6.92 Å². The highest BCUT2D eigenvalue weighted by atomic mass is 32.2. The fourth-order valence-corrected chi connectivity index (χ4v) is 4.42. The minimum absolute atomic E-state index is 0.0223. The summed E-state index contributed by atoms with van der Waals surface area (Å²) in [6, 6.07) is 6.16. The molecule has 0 saturated carbocycles. The molecule has 3 rings (SSSR count). The van der Waals surface area contributed by atoms with Gasteiger partial charge in [-0.05, 0) is 31.0 Å². The molecule has 12 heteroatoms. The molecule has 0 radical (unpaired) electrons. The Morgan fingerprint density at radius 2 is 2.03 bits per heavy atom. The number of fused-ring (bicyclic) bond motifs is 1. The Labute approximate surface area is 191 Å². The number of unbranched alkanes of at least 4 members (excludes halogenated alkanes) is 1. The Hall–Kier alpha value is -3.41. The van der Waals surface area contributed by atoms with Crippen molar-refractivity contribution in [3.8, 4) is 12.0 Å². The molecule has 11 nitrogen and oxygen atoms in total. The normalized spacial score (nSPS) is 12.6. The molecule has 178 valence electrons. The number of carboxylic acid groups (broad SMARTS) is 1. The molecule has 0 aliphatic heterocycles. The smallest absolute Gasteiger partial charge is 0.320 e. The number of hydrogen-bond acceptors (Lipinski definition) is 9. The van der Waals surface area contributed by atoms with E-state index >= 15 is 0 Å². The van der Waals surface area contributed by atoms with Crippen molar-refractivity contribution in [2.45, 2.75) is 44.0 Å². The van der Waals surface area contributed by atoms with Crippen molar-refractivity contribution in [3.63, 3.8) is 0 Å². The van der Waals surface area contributed by atoms with Crippen LogP contribution < -0.4 is 15.2 Å². The zero-order valence-electron chi connectivity index (χ0n) is 18.7. The first-order valence-corrected chi connectivity index (χ1v) is 12.1. The first-order chi connectivity index (χ1) is 15.7. The topological polar surface area (TPSA) is 160 Å². The van der Waals surface area contributed by atoms with Crippen molar-refractivity contribution in [3.05, 3.63) is 29.8 Å². The lowest BCUT2D eigenvalue weighted by atomic mass is 10.0. The molecule has 2 heterocycles. The highest BCUT2D eigenvalue weighted by molar-refractivity contribution is 7.91. The number of nitrogens with two attached hydrogens (primary N) is 1. The van der Waals surface area contributed by atoms with Crippen LogP contribution in [-0.4, -0.2) is 58.5 Å². The van der Waals surface area contributed by atoms with Crippen molar-refractivity contribution < 1.29 is 27.8 Å². The third-order valence-corrected chi connectivity index (χ3v) is 6.84. The standard InChI is InChI=1S/C21H27N5O6S/c1-4-5-10-32-20-24-17(22)16-18(25-20)26(21(23-16)31-3)9-11-33(29,30)15-8-6-7-14(12-15)13(2)19(27)28/h6-8,12-13H,4-5,9-11H2,1-3H3,(H,27,28)(H2,22,24,25). The van der Waals surface area contributed by atoms with Crippen LogP contribution in [0.4, 0.5) is 5.82 Å². The molecule has 1 unspecified atom stereocenters. The van der Waals surface area contributed by atoms with Crippen LogP contribution in [-0.2, 0) is 21.2 Å². The van der Waals surface area contributed by atoms with Gasteiger partial charge in [0.1, 0.15) is 0 Å². The van der Waals surface area contributed by atoms with Gasteiger partial charge in [0.05, 0.1) is 30.3 Å². The Kier molecular flexibility index (Phi) is 7.36. The molecule has 0 spiro atoms. The Morgan fingerprint density at radius 3 is 2.70 bits per heavy atom. The summed E-state index contributed by atoms with van der Waals surface area (Å²) in [5.74, 6) is -2.06. The second kappa shape index (κ2) is 10.0. The van der Waals surface area contributed by atoms with E-state index in [-0.39, 0.29) is 40.5 Å². The summed E-state index contributed by atoms with van der Waals surface area (Å²) in [6.07, 6.45) is 1.76. The van der Waals surface area contributed by atoms with Crippen molar-refractivity contribution in [1.82, 2.24) is 19.5 Å². The van der Waals surface area contributed by atoms with Gasteiger partial charge in [-0.15, -0.1) is 0 Å². The summed E-state index contributed by atoms with van der Waals surface area (Å²) in [5.41, 5.74) is 7.00. The number of sulfone groups is 1. The summed E-state index contributed by atoms with van der Waals surface area (Å²) >= 11 is 0. The molecule has 0 amide bonds. The van der Waals surface area contributed by atoms with Crippen LogP contribution in [0.25, 0.3) is 11.2 Å². The van der Waals surface area contributed by atoms with Gasteiger partial charge in [0.2, 0.25) is 0 Å². The predicted molar refractivity (Wildman–Crippen MR) is 121 cm³/mol. The number of nitrogens with zero attached hydrogens (tertiary/aromatic N) is 4. The van der Waals surface area contributed by atoms with Crippen LogP contribution in [0.5, 0.6) is 12.0 Å². The highest BCUT2D eigenvalue weighted by Gasteiger charge is 2.22. The van der Waals surface area contributed by atoms with Gasteiger partial charge in [0.15, 0.2) is 26.8 Å². The number of rotatable bonds is 11. The highest BCUT2D eigenvalue weighted by Crippen LogP contribution is 2.26. The molecule has 0 bridgehead atoms. The van der Waals surface area contributed by atoms with E-state index in [1.165, 1.54) is 36.8 Å². The third kappa shape index (κ3) is 5.33. The van der Waals surface area contributed by atoms with E-state index in [4.69, 9.17) is 15.2 Å². The van der Waals surface area contributed by atoms with Crippen molar-refractivity contribution >= 4 is 32.8 Å². The number of ether oxygens (including phenoxy) is 2. The zero-order valence-corrected chi connectivity index (χ0v) is 19.5. The van der Waals surface area contributed by atoms with Gasteiger partial charge in [-0.25, -0.2) is 8.42 Å². The van der Waals surface area contributed by atoms with Gasteiger partial charge in [-0.2, -0.15) is 15.0 Å². The van der Waals surface area contributed by atoms with Crippen molar-refractivity contribution in [2.75, 3.05) is 25.2 Å². The van der Waals surface area contributed by atoms with Gasteiger partial charge >= 0.3 is 12.0 Å². The third-order valence-electron chi connectivity index (χ3n) is 5.15. The number of aliphatic carboxylic acids is 1. The predicted octanol–water partition coefficient (Wildman–Crippen LogP) is 2.26. The number of carbonyl (C=O) groups is 1. The molecule has 2 aromatic heterocycles. The van der Waals surface area contributed by atoms with Gasteiger partial charge < -0.3 is 20.3 Å². The lowest BCUT2D eigenvalue weighted by molar-refractivity contribution is -0.138. The minimum atomic E-state index is -3.75. The van der Waals surface area contributed by atoms with E-state index in [0.717, 1.165) is 12.8 Å². The molecular weight excluding hydrogens is 450 g/mol. The number of benzene rings is 1. The number of methoxy groups -OCH3 is 1. The summed E-state index contributed by atoms with van der Waals surface area (Å²) in [4.78, 5) is 24.0. The van der Waals surface area contributed by atoms with E-state index in [1.54, 1.807) is 6.07 Å². The lowest BCUT2D eigenvalue weighted by Crippen LogP contribution is -2.15. The van der Waals surface area contributed by atoms with Crippen molar-refractivity contribution in [2.24, 2.45) is 0 Å². The molecule has 3 aromatic rings. The number of hydrogen-bond donors (Lipinski definition) is 2. The monoisotopic (exact) mass is 477 g/mol. The number of aryl methyl sites for hydroxylation is 1. The molecule has 0 aliphatic carbocycles. The van der Waals surface area contributed by atoms with Gasteiger partial charge in [0.25, 0.3) is 6.01 Å². The molecule has 3 N–H and O–H groups in total. The number of anilines is 1. The van der Waals surface area contributed by atoms with Crippen LogP contribution in [0.3, 0.4) is 0 Å². The summed E-state index contributed by atoms with van der Waals surface area (Å²) in [6.45, 7) is 3.93. The summed E-state index contributed by atoms with van der Waals surface area (Å²) < 4.78 is 38.4. The van der Waals surface area contributed by atoms with Crippen LogP contribution in [0.1, 0.15) is 38.2 Å². The minimum Gasteiger partial charge on any atom is -0.481 e. The van der Waals surface area contributed by atoms with Crippen LogP contribution in [0.15, 0.2) is 29.2 Å².